The number of carbonyl (C=O) groups excluding carboxylic acids is 2. The molecule has 30 heavy (non-hydrogen) atoms. The van der Waals surface area contributed by atoms with Crippen molar-refractivity contribution in [2.45, 2.75) is 25.7 Å². The average molecular weight is 404 g/mol. The lowest BCUT2D eigenvalue weighted by Gasteiger charge is -2.13. The van der Waals surface area contributed by atoms with E-state index in [0.29, 0.717) is 17.3 Å². The van der Waals surface area contributed by atoms with E-state index in [1.54, 1.807) is 37.6 Å². The van der Waals surface area contributed by atoms with Gasteiger partial charge < -0.3 is 16.0 Å². The van der Waals surface area contributed by atoms with Crippen LogP contribution in [0.3, 0.4) is 0 Å². The quantitative estimate of drug-likeness (QED) is 0.569. The number of nitrogens with zero attached hydrogens (tertiary/aromatic N) is 5. The highest BCUT2D eigenvalue weighted by atomic mass is 16.2. The van der Waals surface area contributed by atoms with Gasteiger partial charge in [0.25, 0.3) is 11.8 Å². The Labute approximate surface area is 172 Å². The first kappa shape index (κ1) is 19.4. The van der Waals surface area contributed by atoms with Crippen molar-refractivity contribution in [3.63, 3.8) is 0 Å². The van der Waals surface area contributed by atoms with Gasteiger partial charge in [-0.1, -0.05) is 0 Å². The molecule has 1 aliphatic rings. The van der Waals surface area contributed by atoms with Gasteiger partial charge in [0.05, 0.1) is 35.7 Å². The minimum atomic E-state index is -0.500. The molecule has 10 nitrogen and oxygen atoms in total. The first-order valence-electron chi connectivity index (χ1n) is 9.45. The standard InChI is InChI=1S/C20H20N8O2/c1-11-3-6-14(16(25-11)19(29)21-2)28-20(30)17-18(26-13-7-22-10-23-8-13)24-9-15(27-17)12-4-5-12/h3,6-10,12H,4-5H2,1-2H3,(H,21,29)(H,24,26)(H,28,30). The second-order valence-electron chi connectivity index (χ2n) is 6.90. The minimum absolute atomic E-state index is 0.117. The number of aromatic nitrogens is 5. The Morgan fingerprint density at radius 3 is 2.47 bits per heavy atom. The number of rotatable bonds is 6. The molecule has 3 aromatic rings. The first-order chi connectivity index (χ1) is 14.5. The molecular weight excluding hydrogens is 384 g/mol. The van der Waals surface area contributed by atoms with Gasteiger partial charge in [-0.25, -0.2) is 24.9 Å². The molecular formula is C20H20N8O2. The molecule has 0 saturated heterocycles. The fourth-order valence-corrected chi connectivity index (χ4v) is 2.86. The van der Waals surface area contributed by atoms with Crippen molar-refractivity contribution in [3.05, 3.63) is 59.8 Å². The van der Waals surface area contributed by atoms with Crippen LogP contribution in [0.1, 0.15) is 51.1 Å². The van der Waals surface area contributed by atoms with E-state index in [-0.39, 0.29) is 22.9 Å². The zero-order valence-electron chi connectivity index (χ0n) is 16.5. The summed E-state index contributed by atoms with van der Waals surface area (Å²) in [6, 6.07) is 3.36. The number of hydrogen-bond donors (Lipinski definition) is 3. The molecule has 0 atom stereocenters. The molecule has 0 aromatic carbocycles. The van der Waals surface area contributed by atoms with Crippen molar-refractivity contribution < 1.29 is 9.59 Å². The summed E-state index contributed by atoms with van der Waals surface area (Å²) < 4.78 is 0. The van der Waals surface area contributed by atoms with Crippen molar-refractivity contribution in [2.24, 2.45) is 0 Å². The zero-order valence-corrected chi connectivity index (χ0v) is 16.5. The molecule has 0 spiro atoms. The van der Waals surface area contributed by atoms with Crippen LogP contribution in [0.2, 0.25) is 0 Å². The molecule has 0 bridgehead atoms. The minimum Gasteiger partial charge on any atom is -0.354 e. The van der Waals surface area contributed by atoms with Crippen LogP contribution in [0, 0.1) is 6.92 Å². The van der Waals surface area contributed by atoms with Gasteiger partial charge in [-0.3, -0.25) is 9.59 Å². The Kier molecular flexibility index (Phi) is 5.29. The van der Waals surface area contributed by atoms with Crippen molar-refractivity contribution >= 4 is 29.0 Å². The highest BCUT2D eigenvalue weighted by molar-refractivity contribution is 6.09. The number of pyridine rings is 1. The van der Waals surface area contributed by atoms with E-state index in [1.807, 2.05) is 0 Å². The highest BCUT2D eigenvalue weighted by Gasteiger charge is 2.28. The fourth-order valence-electron chi connectivity index (χ4n) is 2.86. The number of anilines is 3. The van der Waals surface area contributed by atoms with Crippen LogP contribution in [0.25, 0.3) is 0 Å². The van der Waals surface area contributed by atoms with E-state index in [2.05, 4.69) is 40.9 Å². The van der Waals surface area contributed by atoms with E-state index in [1.165, 1.54) is 13.4 Å². The smallest absolute Gasteiger partial charge is 0.278 e. The van der Waals surface area contributed by atoms with Crippen molar-refractivity contribution in [3.8, 4) is 0 Å². The molecule has 3 aromatic heterocycles. The van der Waals surface area contributed by atoms with E-state index in [0.717, 1.165) is 18.5 Å². The number of carbonyl (C=O) groups is 2. The Morgan fingerprint density at radius 2 is 1.77 bits per heavy atom. The molecule has 1 aliphatic carbocycles. The van der Waals surface area contributed by atoms with Crippen molar-refractivity contribution in [2.75, 3.05) is 17.7 Å². The maximum absolute atomic E-state index is 13.1. The van der Waals surface area contributed by atoms with Crippen LogP contribution < -0.4 is 16.0 Å². The van der Waals surface area contributed by atoms with Crippen LogP contribution in [0.4, 0.5) is 17.2 Å². The Balaban J connectivity index is 1.67. The average Bonchev–Trinajstić information content (AvgIpc) is 3.61. The third kappa shape index (κ3) is 4.22. The molecule has 0 aliphatic heterocycles. The summed E-state index contributed by atoms with van der Waals surface area (Å²) in [5, 5.41) is 8.31. The monoisotopic (exact) mass is 404 g/mol. The Bertz CT molecular complexity index is 1100. The van der Waals surface area contributed by atoms with E-state index in [4.69, 9.17) is 0 Å². The number of amides is 2. The van der Waals surface area contributed by atoms with Gasteiger partial charge >= 0.3 is 0 Å². The maximum Gasteiger partial charge on any atom is 0.278 e. The summed E-state index contributed by atoms with van der Waals surface area (Å²) >= 11 is 0. The topological polar surface area (TPSA) is 135 Å². The van der Waals surface area contributed by atoms with Gasteiger partial charge in [0.1, 0.15) is 6.33 Å². The van der Waals surface area contributed by atoms with E-state index < -0.39 is 11.8 Å². The predicted molar refractivity (Wildman–Crippen MR) is 110 cm³/mol. The summed E-state index contributed by atoms with van der Waals surface area (Å²) in [4.78, 5) is 46.4. The lowest BCUT2D eigenvalue weighted by Crippen LogP contribution is -2.24. The van der Waals surface area contributed by atoms with Crippen LogP contribution in [0.15, 0.2) is 37.1 Å². The summed E-state index contributed by atoms with van der Waals surface area (Å²) in [5.41, 5.74) is 2.53. The van der Waals surface area contributed by atoms with Crippen LogP contribution in [0.5, 0.6) is 0 Å². The van der Waals surface area contributed by atoms with E-state index >= 15 is 0 Å². The second-order valence-corrected chi connectivity index (χ2v) is 6.90. The molecule has 152 valence electrons. The highest BCUT2D eigenvalue weighted by Crippen LogP contribution is 2.39. The number of aryl methyl sites for hydroxylation is 1. The Morgan fingerprint density at radius 1 is 1.00 bits per heavy atom. The summed E-state index contributed by atoms with van der Waals surface area (Å²) in [5.74, 6) is -0.305. The van der Waals surface area contributed by atoms with Gasteiger partial charge in [-0.2, -0.15) is 0 Å². The van der Waals surface area contributed by atoms with Crippen LogP contribution in [-0.2, 0) is 0 Å². The fraction of sp³-hybridized carbons (Fsp3) is 0.250. The van der Waals surface area contributed by atoms with E-state index in [9.17, 15) is 9.59 Å². The van der Waals surface area contributed by atoms with Gasteiger partial charge in [0.2, 0.25) is 0 Å². The van der Waals surface area contributed by atoms with Gasteiger partial charge in [-0.15, -0.1) is 0 Å². The van der Waals surface area contributed by atoms with Crippen LogP contribution >= 0.6 is 0 Å². The molecule has 2 amide bonds. The predicted octanol–water partition coefficient (Wildman–Crippen LogP) is 2.20. The largest absolute Gasteiger partial charge is 0.354 e. The third-order valence-corrected chi connectivity index (χ3v) is 4.55. The lowest BCUT2D eigenvalue weighted by atomic mass is 10.2. The van der Waals surface area contributed by atoms with Crippen molar-refractivity contribution in [1.29, 1.82) is 0 Å². The third-order valence-electron chi connectivity index (χ3n) is 4.55. The lowest BCUT2D eigenvalue weighted by molar-refractivity contribution is 0.0959. The molecule has 0 radical (unpaired) electrons. The van der Waals surface area contributed by atoms with Crippen molar-refractivity contribution in [1.82, 2.24) is 30.2 Å². The molecule has 10 heteroatoms. The molecule has 3 heterocycles. The second kappa shape index (κ2) is 8.19. The number of hydrogen-bond acceptors (Lipinski definition) is 8. The van der Waals surface area contributed by atoms with Gasteiger partial charge in [0.15, 0.2) is 17.2 Å². The molecule has 4 rings (SSSR count). The summed E-state index contributed by atoms with van der Waals surface area (Å²) in [6.45, 7) is 1.77. The summed E-state index contributed by atoms with van der Waals surface area (Å²) in [7, 11) is 1.51. The molecule has 1 fully saturated rings. The van der Waals surface area contributed by atoms with Crippen LogP contribution in [-0.4, -0.2) is 43.8 Å². The SMILES string of the molecule is CNC(=O)c1nc(C)ccc1NC(=O)c1nc(C2CC2)cnc1Nc1cncnc1. The summed E-state index contributed by atoms with van der Waals surface area (Å²) in [6.07, 6.45) is 8.27. The Hall–Kier alpha value is -3.95. The number of nitrogens with one attached hydrogen (secondary N) is 3. The zero-order chi connectivity index (χ0) is 21.1. The normalized spacial score (nSPS) is 12.9. The molecule has 1 saturated carbocycles. The van der Waals surface area contributed by atoms with Gasteiger partial charge in [-0.05, 0) is 31.9 Å². The molecule has 0 unspecified atom stereocenters. The van der Waals surface area contributed by atoms with Gasteiger partial charge in [0, 0.05) is 18.7 Å². The first-order valence-corrected chi connectivity index (χ1v) is 9.45. The molecule has 3 N–H and O–H groups in total. The maximum atomic E-state index is 13.1.